The largest absolute Gasteiger partial charge is 0.493 e. The van der Waals surface area contributed by atoms with Gasteiger partial charge in [0.05, 0.1) is 29.9 Å². The molecule has 3 aromatic rings. The van der Waals surface area contributed by atoms with Gasteiger partial charge in [0.15, 0.2) is 11.5 Å². The van der Waals surface area contributed by atoms with Gasteiger partial charge in [-0.15, -0.1) is 0 Å². The van der Waals surface area contributed by atoms with Gasteiger partial charge in [-0.1, -0.05) is 36.4 Å². The summed E-state index contributed by atoms with van der Waals surface area (Å²) >= 11 is 0. The number of ether oxygens (including phenoxy) is 2. The first-order valence-corrected chi connectivity index (χ1v) is 11.0. The molecule has 0 saturated heterocycles. The lowest BCUT2D eigenvalue weighted by molar-refractivity contribution is -0.385. The van der Waals surface area contributed by atoms with E-state index in [0.29, 0.717) is 5.69 Å². The molecule has 0 spiro atoms. The van der Waals surface area contributed by atoms with Gasteiger partial charge < -0.3 is 14.8 Å². The fourth-order valence-corrected chi connectivity index (χ4v) is 3.22. The second kappa shape index (κ2) is 12.1. The van der Waals surface area contributed by atoms with Crippen LogP contribution in [0.5, 0.6) is 11.5 Å². The minimum absolute atomic E-state index is 0.0868. The molecule has 2 N–H and O–H groups in total. The maximum absolute atomic E-state index is 12.1. The molecule has 0 unspecified atom stereocenters. The predicted octanol–water partition coefficient (Wildman–Crippen LogP) is 4.28. The third-order valence-corrected chi connectivity index (χ3v) is 5.25. The molecule has 2 amide bonds. The number of aryl methyl sites for hydroxylation is 2. The van der Waals surface area contributed by atoms with Crippen LogP contribution in [0.4, 0.5) is 11.4 Å². The van der Waals surface area contributed by atoms with Crippen molar-refractivity contribution in [2.24, 2.45) is 5.10 Å². The highest BCUT2D eigenvalue weighted by atomic mass is 16.6. The van der Waals surface area contributed by atoms with Gasteiger partial charge in [0, 0.05) is 5.69 Å². The van der Waals surface area contributed by atoms with E-state index in [4.69, 9.17) is 9.47 Å². The number of nitrogens with zero attached hydrogens (tertiary/aromatic N) is 2. The Labute approximate surface area is 208 Å². The van der Waals surface area contributed by atoms with Crippen molar-refractivity contribution >= 4 is 29.4 Å². The van der Waals surface area contributed by atoms with Crippen molar-refractivity contribution in [2.75, 3.05) is 12.4 Å². The summed E-state index contributed by atoms with van der Waals surface area (Å²) in [4.78, 5) is 35.3. The average molecular weight is 491 g/mol. The summed E-state index contributed by atoms with van der Waals surface area (Å²) in [6, 6.07) is 17.4. The van der Waals surface area contributed by atoms with Crippen LogP contribution in [-0.2, 0) is 16.2 Å². The zero-order valence-electron chi connectivity index (χ0n) is 20.1. The molecule has 0 aromatic heterocycles. The Hall–Kier alpha value is -4.73. The average Bonchev–Trinajstić information content (AvgIpc) is 2.85. The van der Waals surface area contributed by atoms with E-state index >= 15 is 0 Å². The van der Waals surface area contributed by atoms with Gasteiger partial charge >= 0.3 is 0 Å². The van der Waals surface area contributed by atoms with E-state index in [-0.39, 0.29) is 29.4 Å². The molecule has 0 aliphatic carbocycles. The summed E-state index contributed by atoms with van der Waals surface area (Å²) in [5, 5.41) is 18.0. The number of methoxy groups -OCH3 is 1. The van der Waals surface area contributed by atoms with Crippen LogP contribution in [0.2, 0.25) is 0 Å². The molecule has 186 valence electrons. The zero-order valence-corrected chi connectivity index (χ0v) is 20.1. The molecule has 0 aliphatic rings. The Bertz CT molecular complexity index is 1290. The SMILES string of the molecule is COc1cc(C=NNC(=O)CC(=O)Nc2ccc(C)c(C)c2)c([N+](=O)[O-])cc1OCc1ccccc1. The molecule has 0 radical (unpaired) electrons. The number of hydrogen-bond acceptors (Lipinski definition) is 7. The van der Waals surface area contributed by atoms with Crippen LogP contribution in [0.1, 0.15) is 28.7 Å². The predicted molar refractivity (Wildman–Crippen MR) is 135 cm³/mol. The molecule has 3 rings (SSSR count). The van der Waals surface area contributed by atoms with Gasteiger partial charge in [-0.25, -0.2) is 5.43 Å². The number of hydrogen-bond donors (Lipinski definition) is 2. The smallest absolute Gasteiger partial charge is 0.282 e. The minimum Gasteiger partial charge on any atom is -0.493 e. The molecule has 0 aliphatic heterocycles. The topological polar surface area (TPSA) is 132 Å². The second-order valence-corrected chi connectivity index (χ2v) is 7.91. The molecule has 10 nitrogen and oxygen atoms in total. The molecular weight excluding hydrogens is 464 g/mol. The third-order valence-electron chi connectivity index (χ3n) is 5.25. The summed E-state index contributed by atoms with van der Waals surface area (Å²) in [5.74, 6) is -0.738. The van der Waals surface area contributed by atoms with Gasteiger partial charge in [-0.05, 0) is 48.7 Å². The van der Waals surface area contributed by atoms with E-state index in [1.807, 2.05) is 56.3 Å². The number of rotatable bonds is 10. The summed E-state index contributed by atoms with van der Waals surface area (Å²) < 4.78 is 11.0. The Morgan fingerprint density at radius 3 is 2.42 bits per heavy atom. The quantitative estimate of drug-likeness (QED) is 0.189. The summed E-state index contributed by atoms with van der Waals surface area (Å²) in [6.07, 6.45) is 0.642. The van der Waals surface area contributed by atoms with E-state index in [1.165, 1.54) is 19.2 Å². The van der Waals surface area contributed by atoms with Crippen LogP contribution in [0.15, 0.2) is 65.8 Å². The first kappa shape index (κ1) is 25.9. The molecule has 36 heavy (non-hydrogen) atoms. The van der Waals surface area contributed by atoms with E-state index in [1.54, 1.807) is 6.07 Å². The molecule has 0 saturated carbocycles. The van der Waals surface area contributed by atoms with Crippen molar-refractivity contribution in [1.82, 2.24) is 5.43 Å². The lowest BCUT2D eigenvalue weighted by Gasteiger charge is -2.12. The lowest BCUT2D eigenvalue weighted by atomic mass is 10.1. The number of hydrazone groups is 1. The molecule has 10 heteroatoms. The summed E-state index contributed by atoms with van der Waals surface area (Å²) in [5.41, 5.74) is 5.57. The Morgan fingerprint density at radius 1 is 1.00 bits per heavy atom. The van der Waals surface area contributed by atoms with Gasteiger partial charge in [-0.3, -0.25) is 19.7 Å². The minimum atomic E-state index is -0.676. The molecule has 3 aromatic carbocycles. The van der Waals surface area contributed by atoms with Crippen LogP contribution in [-0.4, -0.2) is 30.1 Å². The van der Waals surface area contributed by atoms with Gasteiger partial charge in [0.25, 0.3) is 5.69 Å². The number of nitrogens with one attached hydrogen (secondary N) is 2. The van der Waals surface area contributed by atoms with E-state index < -0.39 is 23.2 Å². The first-order chi connectivity index (χ1) is 17.3. The molecule has 0 fully saturated rings. The third kappa shape index (κ3) is 7.13. The molecule has 0 heterocycles. The highest BCUT2D eigenvalue weighted by Gasteiger charge is 2.19. The maximum Gasteiger partial charge on any atom is 0.282 e. The highest BCUT2D eigenvalue weighted by molar-refractivity contribution is 6.03. The number of amides is 2. The van der Waals surface area contributed by atoms with Crippen molar-refractivity contribution in [2.45, 2.75) is 26.9 Å². The first-order valence-electron chi connectivity index (χ1n) is 11.0. The van der Waals surface area contributed by atoms with E-state index in [0.717, 1.165) is 22.9 Å². The monoisotopic (exact) mass is 490 g/mol. The fraction of sp³-hybridized carbons (Fsp3) is 0.192. The standard InChI is InChI=1S/C26H26N4O6/c1-17-9-10-21(11-18(17)2)28-25(31)14-26(32)29-27-15-20-12-23(35-3)24(13-22(20)30(33)34)36-16-19-7-5-4-6-8-19/h4-13,15H,14,16H2,1-3H3,(H,28,31)(H,29,32). The number of nitro benzene ring substituents is 1. The lowest BCUT2D eigenvalue weighted by Crippen LogP contribution is -2.24. The number of benzene rings is 3. The molecule has 0 atom stereocenters. The van der Waals surface area contributed by atoms with E-state index in [2.05, 4.69) is 15.8 Å². The van der Waals surface area contributed by atoms with Crippen LogP contribution < -0.4 is 20.2 Å². The number of nitro groups is 1. The molecule has 0 bridgehead atoms. The number of carbonyl (C=O) groups is 2. The Kier molecular flexibility index (Phi) is 8.71. The van der Waals surface area contributed by atoms with Crippen molar-refractivity contribution in [3.8, 4) is 11.5 Å². The van der Waals surface area contributed by atoms with Crippen LogP contribution >= 0.6 is 0 Å². The van der Waals surface area contributed by atoms with Crippen LogP contribution in [0, 0.1) is 24.0 Å². The number of carbonyl (C=O) groups excluding carboxylic acids is 2. The van der Waals surface area contributed by atoms with Gasteiger partial charge in [-0.2, -0.15) is 5.10 Å². The van der Waals surface area contributed by atoms with Crippen molar-refractivity contribution in [1.29, 1.82) is 0 Å². The Balaban J connectivity index is 1.64. The normalized spacial score (nSPS) is 10.6. The van der Waals surface area contributed by atoms with Crippen LogP contribution in [0.3, 0.4) is 0 Å². The second-order valence-electron chi connectivity index (χ2n) is 7.91. The van der Waals surface area contributed by atoms with Gasteiger partial charge in [0.1, 0.15) is 13.0 Å². The zero-order chi connectivity index (χ0) is 26.1. The van der Waals surface area contributed by atoms with Gasteiger partial charge in [0.2, 0.25) is 11.8 Å². The van der Waals surface area contributed by atoms with E-state index in [9.17, 15) is 19.7 Å². The van der Waals surface area contributed by atoms with Crippen molar-refractivity contribution < 1.29 is 24.0 Å². The highest BCUT2D eigenvalue weighted by Crippen LogP contribution is 2.34. The Morgan fingerprint density at radius 2 is 1.75 bits per heavy atom. The van der Waals surface area contributed by atoms with Crippen LogP contribution in [0.25, 0.3) is 0 Å². The molecular formula is C26H26N4O6. The fourth-order valence-electron chi connectivity index (χ4n) is 3.22. The summed E-state index contributed by atoms with van der Waals surface area (Å²) in [7, 11) is 1.41. The van der Waals surface area contributed by atoms with Crippen molar-refractivity contribution in [3.63, 3.8) is 0 Å². The summed E-state index contributed by atoms with van der Waals surface area (Å²) in [6.45, 7) is 4.07. The number of anilines is 1. The maximum atomic E-state index is 12.1. The van der Waals surface area contributed by atoms with Crippen molar-refractivity contribution in [3.05, 3.63) is 93.0 Å².